The quantitative estimate of drug-likeness (QED) is 0.658. The second-order valence-electron chi connectivity index (χ2n) is 8.26. The number of ether oxygens (including phenoxy) is 6. The van der Waals surface area contributed by atoms with Crippen molar-refractivity contribution < 1.29 is 33.2 Å². The van der Waals surface area contributed by atoms with Gasteiger partial charge < -0.3 is 28.4 Å². The van der Waals surface area contributed by atoms with Crippen LogP contribution in [0.3, 0.4) is 0 Å². The molecule has 7 nitrogen and oxygen atoms in total. The predicted molar refractivity (Wildman–Crippen MR) is 88.0 cm³/mol. The number of fused-ring (bicyclic) bond motifs is 3. The second kappa shape index (κ2) is 6.41. The average molecular weight is 368 g/mol. The Labute approximate surface area is 153 Å². The summed E-state index contributed by atoms with van der Waals surface area (Å²) >= 11 is 0. The minimum Gasteiger partial charge on any atom is -0.467 e. The van der Waals surface area contributed by atoms with Crippen molar-refractivity contribution >= 4 is 5.97 Å². The van der Waals surface area contributed by atoms with Crippen LogP contribution >= 0.6 is 0 Å². The van der Waals surface area contributed by atoms with Crippen LogP contribution in [0, 0.1) is 0 Å². The molecule has 0 bridgehead atoms. The van der Waals surface area contributed by atoms with E-state index in [0.29, 0.717) is 0 Å². The van der Waals surface area contributed by atoms with Crippen LogP contribution in [-0.4, -0.2) is 55.4 Å². The molecule has 5 aliphatic rings. The summed E-state index contributed by atoms with van der Waals surface area (Å²) in [6, 6.07) is 0. The molecule has 3 aliphatic heterocycles. The monoisotopic (exact) mass is 368 g/mol. The van der Waals surface area contributed by atoms with Crippen LogP contribution in [0.25, 0.3) is 0 Å². The number of carbonyl (C=O) groups excluding carboxylic acids is 1. The van der Waals surface area contributed by atoms with Crippen molar-refractivity contribution in [3.63, 3.8) is 0 Å². The Morgan fingerprint density at radius 1 is 0.769 bits per heavy atom. The summed E-state index contributed by atoms with van der Waals surface area (Å²) in [6.07, 6.45) is 7.40. The van der Waals surface area contributed by atoms with Crippen molar-refractivity contribution in [2.75, 3.05) is 7.11 Å². The summed E-state index contributed by atoms with van der Waals surface area (Å²) in [5.74, 6) is -1.67. The summed E-state index contributed by atoms with van der Waals surface area (Å²) in [5, 5.41) is 0. The summed E-state index contributed by atoms with van der Waals surface area (Å²) in [5.41, 5.74) is 0. The second-order valence-corrected chi connectivity index (χ2v) is 8.26. The molecule has 146 valence electrons. The van der Waals surface area contributed by atoms with Gasteiger partial charge in [-0.1, -0.05) is 12.8 Å². The van der Waals surface area contributed by atoms with E-state index in [1.54, 1.807) is 0 Å². The van der Waals surface area contributed by atoms with E-state index in [-0.39, 0.29) is 12.2 Å². The van der Waals surface area contributed by atoms with E-state index >= 15 is 0 Å². The molecular formula is C19H28O7. The maximum Gasteiger partial charge on any atom is 0.337 e. The number of rotatable bonds is 1. The van der Waals surface area contributed by atoms with Gasteiger partial charge in [0.2, 0.25) is 0 Å². The van der Waals surface area contributed by atoms with Gasteiger partial charge in [0.15, 0.2) is 24.0 Å². The SMILES string of the molecule is COC(=O)[C@H]1O[C@H]2OC3(CCCCC3)O[C@@H]2[C@H]2OC3(CCCCC3)O[C@@H]21. The van der Waals surface area contributed by atoms with Gasteiger partial charge in [0.25, 0.3) is 0 Å². The molecule has 7 heteroatoms. The Morgan fingerprint density at radius 2 is 1.31 bits per heavy atom. The van der Waals surface area contributed by atoms with E-state index in [4.69, 9.17) is 28.4 Å². The lowest BCUT2D eigenvalue weighted by Gasteiger charge is -2.35. The predicted octanol–water partition coefficient (Wildman–Crippen LogP) is 2.40. The van der Waals surface area contributed by atoms with E-state index in [9.17, 15) is 4.79 Å². The largest absolute Gasteiger partial charge is 0.467 e. The average Bonchev–Trinajstić information content (AvgIpc) is 3.19. The maximum absolute atomic E-state index is 12.4. The zero-order valence-electron chi connectivity index (χ0n) is 15.3. The van der Waals surface area contributed by atoms with Crippen LogP contribution in [0.5, 0.6) is 0 Å². The Hall–Kier alpha value is -0.730. The van der Waals surface area contributed by atoms with Gasteiger partial charge in [0, 0.05) is 25.7 Å². The Morgan fingerprint density at radius 3 is 1.92 bits per heavy atom. The molecule has 26 heavy (non-hydrogen) atoms. The normalized spacial score (nSPS) is 43.2. The number of methoxy groups -OCH3 is 1. The van der Waals surface area contributed by atoms with Crippen LogP contribution in [-0.2, 0) is 33.2 Å². The topological polar surface area (TPSA) is 72.5 Å². The van der Waals surface area contributed by atoms with Crippen LogP contribution in [0.15, 0.2) is 0 Å². The van der Waals surface area contributed by atoms with Crippen molar-refractivity contribution in [3.8, 4) is 0 Å². The lowest BCUT2D eigenvalue weighted by atomic mass is 9.94. The molecule has 5 fully saturated rings. The van der Waals surface area contributed by atoms with Gasteiger partial charge in [-0.15, -0.1) is 0 Å². The van der Waals surface area contributed by atoms with E-state index < -0.39 is 36.0 Å². The molecule has 3 heterocycles. The highest BCUT2D eigenvalue weighted by atomic mass is 16.9. The molecule has 0 aromatic heterocycles. The maximum atomic E-state index is 12.4. The molecule has 0 unspecified atom stereocenters. The van der Waals surface area contributed by atoms with E-state index in [0.717, 1.165) is 51.4 Å². The molecule has 0 radical (unpaired) electrons. The van der Waals surface area contributed by atoms with Gasteiger partial charge in [-0.25, -0.2) is 4.79 Å². The van der Waals surface area contributed by atoms with Gasteiger partial charge in [-0.05, 0) is 25.7 Å². The lowest BCUT2D eigenvalue weighted by Crippen LogP contribution is -2.57. The third-order valence-electron chi connectivity index (χ3n) is 6.54. The van der Waals surface area contributed by atoms with E-state index in [2.05, 4.69) is 0 Å². The molecule has 5 rings (SSSR count). The standard InChI is InChI=1S/C19H28O7/c1-21-16(20)14-12-13(24-18(23-12)8-4-2-5-9-18)15-17(22-14)26-19(25-15)10-6-3-7-11-19/h12-15,17H,2-11H2,1H3/t12-,13-,14-,15+,17-/m0/s1. The van der Waals surface area contributed by atoms with Crippen molar-refractivity contribution in [1.82, 2.24) is 0 Å². The highest BCUT2D eigenvalue weighted by Gasteiger charge is 2.65. The van der Waals surface area contributed by atoms with E-state index in [1.165, 1.54) is 20.0 Å². The van der Waals surface area contributed by atoms with Gasteiger partial charge in [0.05, 0.1) is 7.11 Å². The number of hydrogen-bond donors (Lipinski definition) is 0. The zero-order valence-corrected chi connectivity index (χ0v) is 15.3. The van der Waals surface area contributed by atoms with E-state index in [1.807, 2.05) is 0 Å². The zero-order chi connectivity index (χ0) is 17.8. The van der Waals surface area contributed by atoms with Crippen molar-refractivity contribution in [2.24, 2.45) is 0 Å². The summed E-state index contributed by atoms with van der Waals surface area (Å²) < 4.78 is 36.4. The van der Waals surface area contributed by atoms with Gasteiger partial charge in [-0.2, -0.15) is 0 Å². The molecule has 2 aliphatic carbocycles. The van der Waals surface area contributed by atoms with Crippen molar-refractivity contribution in [3.05, 3.63) is 0 Å². The lowest BCUT2D eigenvalue weighted by molar-refractivity contribution is -0.251. The summed E-state index contributed by atoms with van der Waals surface area (Å²) in [4.78, 5) is 12.4. The summed E-state index contributed by atoms with van der Waals surface area (Å²) in [6.45, 7) is 0. The van der Waals surface area contributed by atoms with Crippen LogP contribution < -0.4 is 0 Å². The van der Waals surface area contributed by atoms with Crippen LogP contribution in [0.4, 0.5) is 0 Å². The number of esters is 1. The Bertz CT molecular complexity index is 552. The smallest absolute Gasteiger partial charge is 0.337 e. The summed E-state index contributed by atoms with van der Waals surface area (Å²) in [7, 11) is 1.37. The molecule has 0 N–H and O–H groups in total. The molecule has 0 aromatic carbocycles. The van der Waals surface area contributed by atoms with Gasteiger partial charge in [0.1, 0.15) is 18.3 Å². The van der Waals surface area contributed by atoms with Gasteiger partial charge in [-0.3, -0.25) is 0 Å². The molecular weight excluding hydrogens is 340 g/mol. The van der Waals surface area contributed by atoms with Crippen LogP contribution in [0.2, 0.25) is 0 Å². The minimum atomic E-state index is -0.838. The first kappa shape index (κ1) is 17.4. The van der Waals surface area contributed by atoms with Crippen LogP contribution in [0.1, 0.15) is 64.2 Å². The third kappa shape index (κ3) is 2.71. The molecule has 2 saturated carbocycles. The first-order valence-electron chi connectivity index (χ1n) is 10.1. The number of carbonyl (C=O) groups is 1. The highest BCUT2D eigenvalue weighted by molar-refractivity contribution is 5.75. The minimum absolute atomic E-state index is 0.361. The fourth-order valence-electron chi connectivity index (χ4n) is 5.26. The fraction of sp³-hybridized carbons (Fsp3) is 0.947. The molecule has 0 amide bonds. The number of hydrogen-bond acceptors (Lipinski definition) is 7. The Kier molecular flexibility index (Phi) is 4.29. The highest BCUT2D eigenvalue weighted by Crippen LogP contribution is 2.50. The molecule has 0 aromatic rings. The molecule has 3 saturated heterocycles. The molecule has 2 spiro atoms. The fourth-order valence-corrected chi connectivity index (χ4v) is 5.26. The molecule has 5 atom stereocenters. The first-order chi connectivity index (χ1) is 12.6. The Balaban J connectivity index is 1.43. The van der Waals surface area contributed by atoms with Crippen molar-refractivity contribution in [1.29, 1.82) is 0 Å². The van der Waals surface area contributed by atoms with Crippen molar-refractivity contribution in [2.45, 2.75) is 106 Å². The third-order valence-corrected chi connectivity index (χ3v) is 6.54. The van der Waals surface area contributed by atoms with Gasteiger partial charge >= 0.3 is 5.97 Å². The first-order valence-corrected chi connectivity index (χ1v) is 10.1.